The topological polar surface area (TPSA) is 70.2 Å². The number of rotatable bonds is 4. The zero-order chi connectivity index (χ0) is 14.8. The molecule has 0 fully saturated rings. The summed E-state index contributed by atoms with van der Waals surface area (Å²) < 4.78 is 6.99. The quantitative estimate of drug-likeness (QED) is 0.545. The molecule has 0 aliphatic rings. The molecule has 0 amide bonds. The van der Waals surface area contributed by atoms with Gasteiger partial charge in [0.15, 0.2) is 0 Å². The molecule has 106 valence electrons. The highest BCUT2D eigenvalue weighted by molar-refractivity contribution is 5.80. The van der Waals surface area contributed by atoms with Gasteiger partial charge in [-0.3, -0.25) is 14.8 Å². The number of nitro benzene ring substituents is 1. The zero-order valence-electron chi connectivity index (χ0n) is 11.4. The number of benzene rings is 2. The Labute approximate surface area is 120 Å². The molecular formula is C15H13N3O3. The van der Waals surface area contributed by atoms with Gasteiger partial charge in [0.2, 0.25) is 0 Å². The fourth-order valence-corrected chi connectivity index (χ4v) is 2.26. The fourth-order valence-electron chi connectivity index (χ4n) is 2.26. The number of hydrogen-bond acceptors (Lipinski definition) is 4. The van der Waals surface area contributed by atoms with Gasteiger partial charge in [-0.1, -0.05) is 12.1 Å². The lowest BCUT2D eigenvalue weighted by molar-refractivity contribution is -0.384. The van der Waals surface area contributed by atoms with E-state index >= 15 is 0 Å². The Morgan fingerprint density at radius 2 is 2.14 bits per heavy atom. The molecule has 0 radical (unpaired) electrons. The molecule has 0 N–H and O–H groups in total. The van der Waals surface area contributed by atoms with Crippen molar-refractivity contribution in [1.29, 1.82) is 0 Å². The number of non-ortho nitro benzene ring substituents is 1. The van der Waals surface area contributed by atoms with Crippen molar-refractivity contribution in [2.75, 3.05) is 7.11 Å². The Kier molecular flexibility index (Phi) is 3.27. The van der Waals surface area contributed by atoms with Crippen molar-refractivity contribution >= 4 is 16.6 Å². The van der Waals surface area contributed by atoms with E-state index in [1.807, 2.05) is 28.9 Å². The number of methoxy groups -OCH3 is 1. The van der Waals surface area contributed by atoms with E-state index in [0.29, 0.717) is 6.54 Å². The molecule has 0 spiro atoms. The molecule has 0 aliphatic heterocycles. The van der Waals surface area contributed by atoms with Gasteiger partial charge < -0.3 is 4.74 Å². The van der Waals surface area contributed by atoms with Gasteiger partial charge in [-0.15, -0.1) is 0 Å². The minimum atomic E-state index is -0.393. The first-order valence-electron chi connectivity index (χ1n) is 6.40. The molecule has 6 heteroatoms. The van der Waals surface area contributed by atoms with E-state index in [1.54, 1.807) is 25.4 Å². The normalized spacial score (nSPS) is 10.7. The number of aromatic nitrogens is 2. The number of fused-ring (bicyclic) bond motifs is 1. The predicted octanol–water partition coefficient (Wildman–Crippen LogP) is 3.00. The molecular weight excluding hydrogens is 270 g/mol. The van der Waals surface area contributed by atoms with Crippen LogP contribution in [0, 0.1) is 10.1 Å². The summed E-state index contributed by atoms with van der Waals surface area (Å²) in [5.74, 6) is 0.775. The van der Waals surface area contributed by atoms with E-state index in [4.69, 9.17) is 4.74 Å². The van der Waals surface area contributed by atoms with Crippen molar-refractivity contribution < 1.29 is 9.66 Å². The molecule has 3 aromatic rings. The Morgan fingerprint density at radius 3 is 2.90 bits per heavy atom. The maximum absolute atomic E-state index is 10.8. The SMILES string of the molecule is COc1ccc2c(cnn2Cc2cccc([N+](=O)[O-])c2)c1. The van der Waals surface area contributed by atoms with Crippen molar-refractivity contribution in [3.05, 3.63) is 64.3 Å². The van der Waals surface area contributed by atoms with Crippen molar-refractivity contribution in [3.8, 4) is 5.75 Å². The standard InChI is InChI=1S/C15H13N3O3/c1-21-14-5-6-15-12(8-14)9-16-17(15)10-11-3-2-4-13(7-11)18(19)20/h2-9H,10H2,1H3. The highest BCUT2D eigenvalue weighted by Gasteiger charge is 2.08. The summed E-state index contributed by atoms with van der Waals surface area (Å²) in [4.78, 5) is 10.4. The van der Waals surface area contributed by atoms with Crippen LogP contribution in [0.3, 0.4) is 0 Å². The molecule has 0 saturated carbocycles. The van der Waals surface area contributed by atoms with E-state index in [-0.39, 0.29) is 5.69 Å². The summed E-state index contributed by atoms with van der Waals surface area (Å²) in [5, 5.41) is 16.1. The van der Waals surface area contributed by atoms with Crippen LogP contribution in [0.1, 0.15) is 5.56 Å². The van der Waals surface area contributed by atoms with E-state index in [1.165, 1.54) is 6.07 Å². The van der Waals surface area contributed by atoms with Crippen molar-refractivity contribution in [2.45, 2.75) is 6.54 Å². The molecule has 0 aliphatic carbocycles. The summed E-state index contributed by atoms with van der Waals surface area (Å²) in [6.45, 7) is 0.484. The second-order valence-electron chi connectivity index (χ2n) is 4.65. The number of nitro groups is 1. The van der Waals surface area contributed by atoms with Crippen LogP contribution in [0.4, 0.5) is 5.69 Å². The van der Waals surface area contributed by atoms with Crippen LogP contribution in [0.5, 0.6) is 5.75 Å². The zero-order valence-corrected chi connectivity index (χ0v) is 11.4. The molecule has 3 rings (SSSR count). The van der Waals surface area contributed by atoms with E-state index < -0.39 is 4.92 Å². The summed E-state index contributed by atoms with van der Waals surface area (Å²) >= 11 is 0. The average molecular weight is 283 g/mol. The van der Waals surface area contributed by atoms with Gasteiger partial charge in [-0.25, -0.2) is 0 Å². The average Bonchev–Trinajstić information content (AvgIpc) is 2.89. The van der Waals surface area contributed by atoms with Crippen molar-refractivity contribution in [2.24, 2.45) is 0 Å². The monoisotopic (exact) mass is 283 g/mol. The van der Waals surface area contributed by atoms with E-state index in [0.717, 1.165) is 22.2 Å². The van der Waals surface area contributed by atoms with E-state index in [9.17, 15) is 10.1 Å². The van der Waals surface area contributed by atoms with Gasteiger partial charge in [-0.2, -0.15) is 5.10 Å². The molecule has 2 aromatic carbocycles. The fraction of sp³-hybridized carbons (Fsp3) is 0.133. The first kappa shape index (κ1) is 13.1. The summed E-state index contributed by atoms with van der Waals surface area (Å²) in [5.41, 5.74) is 1.89. The van der Waals surface area contributed by atoms with Gasteiger partial charge in [-0.05, 0) is 23.8 Å². The first-order chi connectivity index (χ1) is 10.2. The summed E-state index contributed by atoms with van der Waals surface area (Å²) in [6, 6.07) is 12.3. The van der Waals surface area contributed by atoms with Gasteiger partial charge in [0, 0.05) is 17.5 Å². The summed E-state index contributed by atoms with van der Waals surface area (Å²) in [7, 11) is 1.62. The van der Waals surface area contributed by atoms with E-state index in [2.05, 4.69) is 5.10 Å². The van der Waals surface area contributed by atoms with Crippen LogP contribution in [-0.2, 0) is 6.54 Å². The summed E-state index contributed by atoms with van der Waals surface area (Å²) in [6.07, 6.45) is 1.76. The largest absolute Gasteiger partial charge is 0.497 e. The molecule has 0 saturated heterocycles. The second-order valence-corrected chi connectivity index (χ2v) is 4.65. The van der Waals surface area contributed by atoms with Crippen LogP contribution in [-0.4, -0.2) is 21.8 Å². The van der Waals surface area contributed by atoms with Crippen molar-refractivity contribution in [3.63, 3.8) is 0 Å². The van der Waals surface area contributed by atoms with Crippen LogP contribution < -0.4 is 4.74 Å². The Balaban J connectivity index is 1.95. The molecule has 21 heavy (non-hydrogen) atoms. The third-order valence-corrected chi connectivity index (χ3v) is 3.30. The number of nitrogens with zero attached hydrogens (tertiary/aromatic N) is 3. The minimum absolute atomic E-state index is 0.0885. The second kappa shape index (κ2) is 5.24. The minimum Gasteiger partial charge on any atom is -0.497 e. The molecule has 0 unspecified atom stereocenters. The number of hydrogen-bond donors (Lipinski definition) is 0. The highest BCUT2D eigenvalue weighted by atomic mass is 16.6. The van der Waals surface area contributed by atoms with Crippen LogP contribution >= 0.6 is 0 Å². The molecule has 1 aromatic heterocycles. The Bertz CT molecular complexity index is 811. The van der Waals surface area contributed by atoms with Crippen LogP contribution in [0.15, 0.2) is 48.7 Å². The lowest BCUT2D eigenvalue weighted by Crippen LogP contribution is -2.01. The van der Waals surface area contributed by atoms with Crippen LogP contribution in [0.2, 0.25) is 0 Å². The van der Waals surface area contributed by atoms with Gasteiger partial charge >= 0.3 is 0 Å². The molecule has 6 nitrogen and oxygen atoms in total. The molecule has 0 atom stereocenters. The number of ether oxygens (including phenoxy) is 1. The van der Waals surface area contributed by atoms with Crippen molar-refractivity contribution in [1.82, 2.24) is 9.78 Å². The van der Waals surface area contributed by atoms with Gasteiger partial charge in [0.25, 0.3) is 5.69 Å². The third kappa shape index (κ3) is 2.55. The maximum atomic E-state index is 10.8. The van der Waals surface area contributed by atoms with Crippen LogP contribution in [0.25, 0.3) is 10.9 Å². The predicted molar refractivity (Wildman–Crippen MR) is 78.5 cm³/mol. The van der Waals surface area contributed by atoms with Gasteiger partial charge in [0.05, 0.1) is 30.3 Å². The molecule has 1 heterocycles. The Morgan fingerprint density at radius 1 is 1.29 bits per heavy atom. The maximum Gasteiger partial charge on any atom is 0.269 e. The Hall–Kier alpha value is -2.89. The third-order valence-electron chi connectivity index (χ3n) is 3.30. The lowest BCUT2D eigenvalue weighted by Gasteiger charge is -2.05. The first-order valence-corrected chi connectivity index (χ1v) is 6.40. The molecule has 0 bridgehead atoms. The smallest absolute Gasteiger partial charge is 0.269 e. The lowest BCUT2D eigenvalue weighted by atomic mass is 10.2. The highest BCUT2D eigenvalue weighted by Crippen LogP contribution is 2.22. The van der Waals surface area contributed by atoms with Gasteiger partial charge in [0.1, 0.15) is 5.75 Å².